The van der Waals surface area contributed by atoms with Gasteiger partial charge in [0.15, 0.2) is 0 Å². The quantitative estimate of drug-likeness (QED) is 0.713. The van der Waals surface area contributed by atoms with E-state index < -0.39 is 6.10 Å². The molecule has 14 heavy (non-hydrogen) atoms. The fraction of sp³-hybridized carbons (Fsp3) is 0.375. The van der Waals surface area contributed by atoms with Crippen LogP contribution >= 0.6 is 27.7 Å². The highest BCUT2D eigenvalue weighted by atomic mass is 79.9. The van der Waals surface area contributed by atoms with Crippen LogP contribution in [0.1, 0.15) is 0 Å². The van der Waals surface area contributed by atoms with Gasteiger partial charge in [-0.05, 0) is 15.9 Å². The number of thioether (sulfide) groups is 1. The predicted molar refractivity (Wildman–Crippen MR) is 60.2 cm³/mol. The van der Waals surface area contributed by atoms with Gasteiger partial charge in [0.1, 0.15) is 0 Å². The van der Waals surface area contributed by atoms with E-state index in [9.17, 15) is 0 Å². The van der Waals surface area contributed by atoms with Gasteiger partial charge in [-0.2, -0.15) is 0 Å². The lowest BCUT2D eigenvalue weighted by molar-refractivity contribution is 0.113. The molecule has 0 amide bonds. The molecule has 1 aromatic heterocycles. The van der Waals surface area contributed by atoms with Crippen molar-refractivity contribution < 1.29 is 10.2 Å². The number of aliphatic hydroxyl groups excluding tert-OH is 2. The molecule has 1 aromatic rings. The maximum atomic E-state index is 9.16. The molecule has 1 heterocycles. The highest BCUT2D eigenvalue weighted by Crippen LogP contribution is 2.31. The third-order valence-electron chi connectivity index (χ3n) is 1.51. The fourth-order valence-electron chi connectivity index (χ4n) is 0.823. The zero-order valence-electron chi connectivity index (χ0n) is 7.35. The van der Waals surface area contributed by atoms with E-state index in [-0.39, 0.29) is 6.61 Å². The highest BCUT2D eigenvalue weighted by molar-refractivity contribution is 9.10. The van der Waals surface area contributed by atoms with Gasteiger partial charge in [-0.3, -0.25) is 4.98 Å². The number of halogens is 1. The molecular formula is C8H11BrN2O2S. The Labute approximate surface area is 94.7 Å². The van der Waals surface area contributed by atoms with Crippen molar-refractivity contribution in [2.24, 2.45) is 0 Å². The second-order valence-corrected chi connectivity index (χ2v) is 4.57. The van der Waals surface area contributed by atoms with Gasteiger partial charge >= 0.3 is 0 Å². The van der Waals surface area contributed by atoms with Crippen LogP contribution in [0.4, 0.5) is 5.69 Å². The average Bonchev–Trinajstić information content (AvgIpc) is 2.16. The molecule has 0 fully saturated rings. The van der Waals surface area contributed by atoms with Crippen LogP contribution in [-0.4, -0.2) is 33.7 Å². The number of aliphatic hydroxyl groups is 2. The van der Waals surface area contributed by atoms with E-state index in [1.165, 1.54) is 11.8 Å². The Balaban J connectivity index is 2.66. The van der Waals surface area contributed by atoms with E-state index >= 15 is 0 Å². The van der Waals surface area contributed by atoms with Crippen molar-refractivity contribution in [3.8, 4) is 0 Å². The lowest BCUT2D eigenvalue weighted by atomic mass is 10.4. The van der Waals surface area contributed by atoms with E-state index in [2.05, 4.69) is 20.9 Å². The first-order valence-corrected chi connectivity index (χ1v) is 5.73. The monoisotopic (exact) mass is 278 g/mol. The van der Waals surface area contributed by atoms with Crippen molar-refractivity contribution in [2.45, 2.75) is 11.0 Å². The van der Waals surface area contributed by atoms with Gasteiger partial charge in [-0.1, -0.05) is 0 Å². The summed E-state index contributed by atoms with van der Waals surface area (Å²) < 4.78 is 0.799. The van der Waals surface area contributed by atoms with E-state index in [0.717, 1.165) is 9.37 Å². The fourth-order valence-corrected chi connectivity index (χ4v) is 2.39. The Bertz CT molecular complexity index is 291. The first-order chi connectivity index (χ1) is 6.65. The molecule has 78 valence electrons. The Morgan fingerprint density at radius 3 is 2.86 bits per heavy atom. The molecule has 6 heteroatoms. The van der Waals surface area contributed by atoms with Gasteiger partial charge in [0.05, 0.1) is 29.1 Å². The molecule has 1 rings (SSSR count). The number of rotatable bonds is 4. The van der Waals surface area contributed by atoms with Crippen molar-refractivity contribution in [1.29, 1.82) is 0 Å². The van der Waals surface area contributed by atoms with Crippen LogP contribution in [0.15, 0.2) is 21.8 Å². The number of aromatic nitrogens is 1. The molecule has 0 saturated carbocycles. The van der Waals surface area contributed by atoms with Crippen LogP contribution in [0.25, 0.3) is 0 Å². The first kappa shape index (κ1) is 11.8. The maximum absolute atomic E-state index is 9.16. The number of nitrogens with two attached hydrogens (primary N) is 1. The van der Waals surface area contributed by atoms with Gasteiger partial charge in [-0.25, -0.2) is 0 Å². The lowest BCUT2D eigenvalue weighted by Gasteiger charge is -2.09. The molecule has 0 bridgehead atoms. The largest absolute Gasteiger partial charge is 0.397 e. The Morgan fingerprint density at radius 1 is 1.57 bits per heavy atom. The molecule has 0 aromatic carbocycles. The number of nitrogen functional groups attached to an aromatic ring is 1. The van der Waals surface area contributed by atoms with E-state index in [1.54, 1.807) is 12.4 Å². The summed E-state index contributed by atoms with van der Waals surface area (Å²) in [7, 11) is 0. The third kappa shape index (κ3) is 3.13. The van der Waals surface area contributed by atoms with Crippen LogP contribution in [0.3, 0.4) is 0 Å². The zero-order chi connectivity index (χ0) is 10.6. The van der Waals surface area contributed by atoms with Crippen LogP contribution in [0.5, 0.6) is 0 Å². The Hall–Kier alpha value is -0.300. The molecule has 1 unspecified atom stereocenters. The van der Waals surface area contributed by atoms with Crippen molar-refractivity contribution >= 4 is 33.4 Å². The summed E-state index contributed by atoms with van der Waals surface area (Å²) in [4.78, 5) is 4.73. The van der Waals surface area contributed by atoms with Gasteiger partial charge in [0.25, 0.3) is 0 Å². The molecule has 0 spiro atoms. The standard InChI is InChI=1S/C8H11BrN2O2S/c9-6-1-11-2-7(10)8(6)14-4-5(13)3-12/h1-2,5,12-13H,3-4,10H2. The van der Waals surface area contributed by atoms with Crippen molar-refractivity contribution in [3.63, 3.8) is 0 Å². The molecule has 1 atom stereocenters. The third-order valence-corrected chi connectivity index (χ3v) is 3.67. The first-order valence-electron chi connectivity index (χ1n) is 3.96. The summed E-state index contributed by atoms with van der Waals surface area (Å²) in [6.07, 6.45) is 2.47. The minimum atomic E-state index is -0.723. The summed E-state index contributed by atoms with van der Waals surface area (Å²) >= 11 is 4.70. The van der Waals surface area contributed by atoms with Gasteiger partial charge in [0, 0.05) is 16.8 Å². The Morgan fingerprint density at radius 2 is 2.29 bits per heavy atom. The average molecular weight is 279 g/mol. The normalized spacial score (nSPS) is 12.8. The summed E-state index contributed by atoms with van der Waals surface area (Å²) in [6, 6.07) is 0. The minimum Gasteiger partial charge on any atom is -0.397 e. The summed E-state index contributed by atoms with van der Waals surface area (Å²) in [6.45, 7) is -0.240. The summed E-state index contributed by atoms with van der Waals surface area (Å²) in [5, 5.41) is 17.8. The SMILES string of the molecule is Nc1cncc(Br)c1SCC(O)CO. The number of pyridine rings is 1. The molecular weight excluding hydrogens is 268 g/mol. The molecule has 0 saturated heterocycles. The van der Waals surface area contributed by atoms with Crippen LogP contribution in [-0.2, 0) is 0 Å². The van der Waals surface area contributed by atoms with Crippen molar-refractivity contribution in [3.05, 3.63) is 16.9 Å². The number of hydrogen-bond donors (Lipinski definition) is 3. The molecule has 0 radical (unpaired) electrons. The number of nitrogens with zero attached hydrogens (tertiary/aromatic N) is 1. The molecule has 0 aliphatic carbocycles. The zero-order valence-corrected chi connectivity index (χ0v) is 9.75. The Kier molecular flexibility index (Phi) is 4.67. The van der Waals surface area contributed by atoms with Crippen LogP contribution in [0, 0.1) is 0 Å². The number of hydrogen-bond acceptors (Lipinski definition) is 5. The predicted octanol–water partition coefficient (Wildman–Crippen LogP) is 0.872. The maximum Gasteiger partial charge on any atom is 0.0864 e. The molecule has 0 aliphatic heterocycles. The number of anilines is 1. The summed E-state index contributed by atoms with van der Waals surface area (Å²) in [5.74, 6) is 0.406. The molecule has 4 nitrogen and oxygen atoms in total. The van der Waals surface area contributed by atoms with E-state index in [4.69, 9.17) is 15.9 Å². The van der Waals surface area contributed by atoms with Crippen LogP contribution < -0.4 is 5.73 Å². The summed E-state index contributed by atoms with van der Waals surface area (Å²) in [5.41, 5.74) is 6.26. The minimum absolute atomic E-state index is 0.240. The highest BCUT2D eigenvalue weighted by Gasteiger charge is 2.08. The van der Waals surface area contributed by atoms with E-state index in [0.29, 0.717) is 11.4 Å². The van der Waals surface area contributed by atoms with Gasteiger partial charge in [0.2, 0.25) is 0 Å². The van der Waals surface area contributed by atoms with Gasteiger partial charge < -0.3 is 15.9 Å². The van der Waals surface area contributed by atoms with Crippen molar-refractivity contribution in [2.75, 3.05) is 18.1 Å². The molecule has 0 aliphatic rings. The second kappa shape index (κ2) is 5.55. The van der Waals surface area contributed by atoms with Crippen LogP contribution in [0.2, 0.25) is 0 Å². The molecule has 4 N–H and O–H groups in total. The topological polar surface area (TPSA) is 79.4 Å². The van der Waals surface area contributed by atoms with Crippen molar-refractivity contribution in [1.82, 2.24) is 4.98 Å². The smallest absolute Gasteiger partial charge is 0.0864 e. The second-order valence-electron chi connectivity index (χ2n) is 2.69. The van der Waals surface area contributed by atoms with Gasteiger partial charge in [-0.15, -0.1) is 11.8 Å². The lowest BCUT2D eigenvalue weighted by Crippen LogP contribution is -2.14. The van der Waals surface area contributed by atoms with E-state index in [1.807, 2.05) is 0 Å².